The molecule has 0 unspecified atom stereocenters. The minimum atomic E-state index is -1.12. The van der Waals surface area contributed by atoms with Crippen LogP contribution in [0.3, 0.4) is 0 Å². The lowest BCUT2D eigenvalue weighted by Gasteiger charge is -2.10. The van der Waals surface area contributed by atoms with Gasteiger partial charge >= 0.3 is 11.8 Å². The highest BCUT2D eigenvalue weighted by atomic mass is 35.5. The summed E-state index contributed by atoms with van der Waals surface area (Å²) in [5, 5.41) is 15.2. The summed E-state index contributed by atoms with van der Waals surface area (Å²) in [7, 11) is 0. The summed E-state index contributed by atoms with van der Waals surface area (Å²) >= 11 is 5.85. The second-order valence-electron chi connectivity index (χ2n) is 4.74. The van der Waals surface area contributed by atoms with Gasteiger partial charge in [-0.1, -0.05) is 23.7 Å². The molecule has 2 aromatic rings. The average molecular weight is 363 g/mol. The predicted octanol–water partition coefficient (Wildman–Crippen LogP) is 1.92. The van der Waals surface area contributed by atoms with Crippen molar-refractivity contribution >= 4 is 46.4 Å². The van der Waals surface area contributed by atoms with Crippen LogP contribution in [0.5, 0.6) is 0 Å². The van der Waals surface area contributed by atoms with Gasteiger partial charge < -0.3 is 16.4 Å². The molecule has 0 heterocycles. The summed E-state index contributed by atoms with van der Waals surface area (Å²) in [6, 6.07) is 9.25. The summed E-state index contributed by atoms with van der Waals surface area (Å²) in [5.74, 6) is -3.00. The molecule has 0 aliphatic rings. The third-order valence-electron chi connectivity index (χ3n) is 3.06. The lowest BCUT2D eigenvalue weighted by atomic mass is 10.1. The van der Waals surface area contributed by atoms with Crippen molar-refractivity contribution in [2.75, 3.05) is 10.6 Å². The number of amides is 3. The van der Waals surface area contributed by atoms with Crippen molar-refractivity contribution in [2.45, 2.75) is 0 Å². The molecule has 0 saturated heterocycles. The molecule has 0 atom stereocenters. The van der Waals surface area contributed by atoms with E-state index in [9.17, 15) is 24.5 Å². The van der Waals surface area contributed by atoms with Gasteiger partial charge in [0.25, 0.3) is 11.6 Å². The van der Waals surface area contributed by atoms with E-state index in [1.807, 2.05) is 0 Å². The van der Waals surface area contributed by atoms with Crippen LogP contribution in [0.2, 0.25) is 5.02 Å². The normalized spacial score (nSPS) is 9.96. The molecular formula is C15H11ClN4O5. The molecule has 0 radical (unpaired) electrons. The number of carbonyl (C=O) groups excluding carboxylic acids is 3. The Kier molecular flexibility index (Phi) is 5.30. The number of nitrogens with two attached hydrogens (primary N) is 1. The number of nitro benzene ring substituents is 1. The maximum Gasteiger partial charge on any atom is 0.314 e. The van der Waals surface area contributed by atoms with Gasteiger partial charge in [0.1, 0.15) is 0 Å². The van der Waals surface area contributed by atoms with Gasteiger partial charge in [-0.05, 0) is 18.2 Å². The lowest BCUT2D eigenvalue weighted by Crippen LogP contribution is -2.30. The molecule has 0 bridgehead atoms. The van der Waals surface area contributed by atoms with Crippen LogP contribution in [0, 0.1) is 10.1 Å². The number of halogens is 1. The molecule has 3 amide bonds. The first-order valence-corrected chi connectivity index (χ1v) is 7.12. The lowest BCUT2D eigenvalue weighted by molar-refractivity contribution is -0.384. The summed E-state index contributed by atoms with van der Waals surface area (Å²) in [4.78, 5) is 45.3. The van der Waals surface area contributed by atoms with Crippen molar-refractivity contribution in [3.8, 4) is 0 Å². The number of nitro groups is 1. The maximum atomic E-state index is 12.0. The number of hydrogen-bond acceptors (Lipinski definition) is 5. The number of non-ortho nitro benzene ring substituents is 1. The van der Waals surface area contributed by atoms with Gasteiger partial charge in [0, 0.05) is 12.1 Å². The minimum Gasteiger partial charge on any atom is -0.366 e. The number of rotatable bonds is 4. The van der Waals surface area contributed by atoms with E-state index in [2.05, 4.69) is 10.6 Å². The van der Waals surface area contributed by atoms with Crippen LogP contribution in [-0.4, -0.2) is 22.6 Å². The molecule has 0 spiro atoms. The Hall–Kier alpha value is -3.46. The van der Waals surface area contributed by atoms with E-state index in [0.29, 0.717) is 0 Å². The van der Waals surface area contributed by atoms with Gasteiger partial charge in [-0.15, -0.1) is 0 Å². The first-order chi connectivity index (χ1) is 11.8. The topological polar surface area (TPSA) is 144 Å². The molecule has 0 fully saturated rings. The van der Waals surface area contributed by atoms with Gasteiger partial charge in [0.15, 0.2) is 0 Å². The van der Waals surface area contributed by atoms with E-state index >= 15 is 0 Å². The fourth-order valence-electron chi connectivity index (χ4n) is 1.89. The van der Waals surface area contributed by atoms with Gasteiger partial charge in [-0.2, -0.15) is 0 Å². The Morgan fingerprint density at radius 1 is 1.00 bits per heavy atom. The van der Waals surface area contributed by atoms with Crippen LogP contribution in [0.15, 0.2) is 42.5 Å². The van der Waals surface area contributed by atoms with Crippen molar-refractivity contribution in [1.29, 1.82) is 0 Å². The second kappa shape index (κ2) is 7.41. The number of carbonyl (C=O) groups is 3. The smallest absolute Gasteiger partial charge is 0.314 e. The van der Waals surface area contributed by atoms with E-state index in [4.69, 9.17) is 17.3 Å². The molecule has 0 aliphatic carbocycles. The van der Waals surface area contributed by atoms with Crippen LogP contribution in [0.4, 0.5) is 17.1 Å². The Balaban J connectivity index is 2.17. The fraction of sp³-hybridized carbons (Fsp3) is 0. The highest BCUT2D eigenvalue weighted by molar-refractivity contribution is 6.45. The standard InChI is InChI=1S/C15H11ClN4O5/c16-10-6-5-8(20(24)25)7-12(10)19-15(23)14(22)18-11-4-2-1-3-9(11)13(17)21/h1-7H,(H2,17,21)(H,18,22)(H,19,23). The third kappa shape index (κ3) is 4.30. The van der Waals surface area contributed by atoms with Crippen LogP contribution in [0.25, 0.3) is 0 Å². The molecule has 128 valence electrons. The van der Waals surface area contributed by atoms with Crippen LogP contribution in [-0.2, 0) is 9.59 Å². The molecule has 0 saturated carbocycles. The van der Waals surface area contributed by atoms with Crippen molar-refractivity contribution in [3.63, 3.8) is 0 Å². The average Bonchev–Trinajstić information content (AvgIpc) is 2.56. The van der Waals surface area contributed by atoms with E-state index < -0.39 is 22.6 Å². The highest BCUT2D eigenvalue weighted by Gasteiger charge is 2.19. The third-order valence-corrected chi connectivity index (χ3v) is 3.39. The zero-order chi connectivity index (χ0) is 18.6. The quantitative estimate of drug-likeness (QED) is 0.432. The summed E-state index contributed by atoms with van der Waals surface area (Å²) < 4.78 is 0. The Morgan fingerprint density at radius 2 is 1.60 bits per heavy atom. The zero-order valence-electron chi connectivity index (χ0n) is 12.5. The van der Waals surface area contributed by atoms with Gasteiger partial charge in [-0.25, -0.2) is 0 Å². The number of nitrogens with zero attached hydrogens (tertiary/aromatic N) is 1. The Bertz CT molecular complexity index is 884. The monoisotopic (exact) mass is 362 g/mol. The number of benzene rings is 2. The largest absolute Gasteiger partial charge is 0.366 e. The number of para-hydroxylation sites is 1. The molecule has 10 heteroatoms. The number of hydrogen-bond donors (Lipinski definition) is 3. The van der Waals surface area contributed by atoms with Gasteiger partial charge in [-0.3, -0.25) is 24.5 Å². The molecule has 25 heavy (non-hydrogen) atoms. The second-order valence-corrected chi connectivity index (χ2v) is 5.15. The molecule has 9 nitrogen and oxygen atoms in total. The predicted molar refractivity (Wildman–Crippen MR) is 90.3 cm³/mol. The van der Waals surface area contributed by atoms with Crippen molar-refractivity contribution in [2.24, 2.45) is 5.73 Å². The first-order valence-electron chi connectivity index (χ1n) is 6.74. The number of anilines is 2. The summed E-state index contributed by atoms with van der Waals surface area (Å²) in [6.07, 6.45) is 0. The molecule has 0 aliphatic heterocycles. The van der Waals surface area contributed by atoms with E-state index in [1.165, 1.54) is 24.3 Å². The SMILES string of the molecule is NC(=O)c1ccccc1NC(=O)C(=O)Nc1cc([N+](=O)[O-])ccc1Cl. The molecular weight excluding hydrogens is 352 g/mol. The van der Waals surface area contributed by atoms with Gasteiger partial charge in [0.05, 0.1) is 26.9 Å². The maximum absolute atomic E-state index is 12.0. The fourth-order valence-corrected chi connectivity index (χ4v) is 2.05. The minimum absolute atomic E-state index is 0.0179. The van der Waals surface area contributed by atoms with E-state index in [0.717, 1.165) is 12.1 Å². The summed E-state index contributed by atoms with van der Waals surface area (Å²) in [6.45, 7) is 0. The molecule has 0 aromatic heterocycles. The molecule has 2 rings (SSSR count). The van der Waals surface area contributed by atoms with Crippen molar-refractivity contribution in [1.82, 2.24) is 0 Å². The summed E-state index contributed by atoms with van der Waals surface area (Å²) in [5.41, 5.74) is 4.86. The zero-order valence-corrected chi connectivity index (χ0v) is 13.2. The number of nitrogens with one attached hydrogen (secondary N) is 2. The van der Waals surface area contributed by atoms with Crippen LogP contribution in [0.1, 0.15) is 10.4 Å². The Morgan fingerprint density at radius 3 is 2.20 bits per heavy atom. The van der Waals surface area contributed by atoms with Crippen LogP contribution >= 0.6 is 11.6 Å². The van der Waals surface area contributed by atoms with E-state index in [1.54, 1.807) is 6.07 Å². The van der Waals surface area contributed by atoms with E-state index in [-0.39, 0.29) is 27.6 Å². The highest BCUT2D eigenvalue weighted by Crippen LogP contribution is 2.26. The van der Waals surface area contributed by atoms with Crippen molar-refractivity contribution in [3.05, 3.63) is 63.2 Å². The van der Waals surface area contributed by atoms with Gasteiger partial charge in [0.2, 0.25) is 0 Å². The Labute approximate surface area is 145 Å². The van der Waals surface area contributed by atoms with Crippen LogP contribution < -0.4 is 16.4 Å². The molecule has 4 N–H and O–H groups in total. The van der Waals surface area contributed by atoms with Crippen molar-refractivity contribution < 1.29 is 19.3 Å². The molecule has 2 aromatic carbocycles. The first kappa shape index (κ1) is 17.9. The number of primary amides is 1.